The summed E-state index contributed by atoms with van der Waals surface area (Å²) in [7, 11) is 0. The van der Waals surface area contributed by atoms with Crippen LogP contribution in [-0.4, -0.2) is 51.5 Å². The first kappa shape index (κ1) is 10.7. The van der Waals surface area contributed by atoms with Crippen LogP contribution in [0, 0.1) is 5.92 Å². The number of amides is 1. The monoisotopic (exact) mass is 235 g/mol. The van der Waals surface area contributed by atoms with E-state index >= 15 is 0 Å². The summed E-state index contributed by atoms with van der Waals surface area (Å²) < 4.78 is 1.59. The summed E-state index contributed by atoms with van der Waals surface area (Å²) in [6.45, 7) is 3.19. The Labute approximate surface area is 100.0 Å². The summed E-state index contributed by atoms with van der Waals surface area (Å²) in [5, 5.41) is 10.9. The molecule has 3 heterocycles. The van der Waals surface area contributed by atoms with E-state index < -0.39 is 0 Å². The lowest BCUT2D eigenvalue weighted by atomic mass is 9.92. The average molecular weight is 235 g/mol. The number of rotatable bonds is 2. The maximum Gasteiger partial charge on any atom is 0.244 e. The number of nitrogens with one attached hydrogen (secondary N) is 1. The minimum Gasteiger partial charge on any atom is -0.337 e. The molecule has 17 heavy (non-hydrogen) atoms. The number of hydrogen-bond donors (Lipinski definition) is 1. The second-order valence-corrected chi connectivity index (χ2v) is 4.82. The van der Waals surface area contributed by atoms with Crippen LogP contribution in [0.5, 0.6) is 0 Å². The Kier molecular flexibility index (Phi) is 2.80. The normalized spacial score (nSPS) is 28.1. The van der Waals surface area contributed by atoms with Crippen LogP contribution >= 0.6 is 0 Å². The predicted octanol–water partition coefficient (Wildman–Crippen LogP) is -0.511. The van der Waals surface area contributed by atoms with E-state index in [2.05, 4.69) is 15.6 Å². The first-order valence-electron chi connectivity index (χ1n) is 6.19. The number of likely N-dealkylation sites (tertiary alicyclic amines) is 1. The van der Waals surface area contributed by atoms with Crippen LogP contribution in [0.2, 0.25) is 0 Å². The molecule has 1 aromatic heterocycles. The van der Waals surface area contributed by atoms with Crippen LogP contribution in [0.4, 0.5) is 0 Å². The summed E-state index contributed by atoms with van der Waals surface area (Å²) >= 11 is 0. The molecule has 0 aromatic carbocycles. The highest BCUT2D eigenvalue weighted by Gasteiger charge is 2.37. The molecule has 0 bridgehead atoms. The average Bonchev–Trinajstić information content (AvgIpc) is 2.97. The van der Waals surface area contributed by atoms with Gasteiger partial charge in [-0.05, 0) is 18.8 Å². The standard InChI is InChI=1S/C11H17N5O/c17-11(8-15-5-3-13-14-15)16-4-1-2-9-6-12-7-10(9)16/h3,5,9-10,12H,1-2,4,6-8H2. The Morgan fingerprint density at radius 2 is 2.41 bits per heavy atom. The molecule has 1 N–H and O–H groups in total. The van der Waals surface area contributed by atoms with Gasteiger partial charge in [0.25, 0.3) is 0 Å². The fourth-order valence-electron chi connectivity index (χ4n) is 2.92. The molecule has 0 saturated carbocycles. The van der Waals surface area contributed by atoms with E-state index in [1.807, 2.05) is 4.90 Å². The van der Waals surface area contributed by atoms with E-state index in [1.165, 1.54) is 6.42 Å². The molecular formula is C11H17N5O. The van der Waals surface area contributed by atoms with Crippen molar-refractivity contribution in [2.75, 3.05) is 19.6 Å². The van der Waals surface area contributed by atoms with Gasteiger partial charge in [-0.2, -0.15) is 0 Å². The van der Waals surface area contributed by atoms with Gasteiger partial charge in [-0.3, -0.25) is 4.79 Å². The second-order valence-electron chi connectivity index (χ2n) is 4.82. The van der Waals surface area contributed by atoms with Crippen molar-refractivity contribution >= 4 is 5.91 Å². The van der Waals surface area contributed by atoms with Crippen LogP contribution in [0.1, 0.15) is 12.8 Å². The number of hydrogen-bond acceptors (Lipinski definition) is 4. The third-order valence-corrected chi connectivity index (χ3v) is 3.77. The van der Waals surface area contributed by atoms with E-state index in [0.29, 0.717) is 18.5 Å². The third-order valence-electron chi connectivity index (χ3n) is 3.77. The fourth-order valence-corrected chi connectivity index (χ4v) is 2.92. The number of piperidine rings is 1. The predicted molar refractivity (Wildman–Crippen MR) is 61.1 cm³/mol. The molecule has 92 valence electrons. The summed E-state index contributed by atoms with van der Waals surface area (Å²) in [5.41, 5.74) is 0. The highest BCUT2D eigenvalue weighted by Crippen LogP contribution is 2.26. The lowest BCUT2D eigenvalue weighted by molar-refractivity contribution is -0.136. The molecule has 2 unspecified atom stereocenters. The topological polar surface area (TPSA) is 63.1 Å². The minimum atomic E-state index is 0.161. The molecule has 6 nitrogen and oxygen atoms in total. The van der Waals surface area contributed by atoms with Crippen LogP contribution in [0.3, 0.4) is 0 Å². The van der Waals surface area contributed by atoms with Gasteiger partial charge >= 0.3 is 0 Å². The Hall–Kier alpha value is -1.43. The summed E-state index contributed by atoms with van der Waals surface area (Å²) in [6.07, 6.45) is 5.69. The van der Waals surface area contributed by atoms with E-state index in [4.69, 9.17) is 0 Å². The smallest absolute Gasteiger partial charge is 0.244 e. The molecule has 2 aliphatic heterocycles. The number of aromatic nitrogens is 3. The van der Waals surface area contributed by atoms with Gasteiger partial charge in [-0.15, -0.1) is 5.10 Å². The maximum absolute atomic E-state index is 12.2. The van der Waals surface area contributed by atoms with E-state index in [1.54, 1.807) is 17.1 Å². The zero-order valence-corrected chi connectivity index (χ0v) is 9.75. The Morgan fingerprint density at radius 1 is 1.47 bits per heavy atom. The van der Waals surface area contributed by atoms with Crippen LogP contribution in [0.15, 0.2) is 12.4 Å². The van der Waals surface area contributed by atoms with Crippen molar-refractivity contribution < 1.29 is 4.79 Å². The summed E-state index contributed by atoms with van der Waals surface area (Å²) in [5.74, 6) is 0.803. The van der Waals surface area contributed by atoms with Crippen molar-refractivity contribution in [3.8, 4) is 0 Å². The van der Waals surface area contributed by atoms with Crippen molar-refractivity contribution in [2.45, 2.75) is 25.4 Å². The summed E-state index contributed by atoms with van der Waals surface area (Å²) in [4.78, 5) is 14.2. The van der Waals surface area contributed by atoms with Crippen LogP contribution in [0.25, 0.3) is 0 Å². The van der Waals surface area contributed by atoms with E-state index in [-0.39, 0.29) is 5.91 Å². The molecule has 6 heteroatoms. The van der Waals surface area contributed by atoms with Gasteiger partial charge < -0.3 is 10.2 Å². The highest BCUT2D eigenvalue weighted by atomic mass is 16.2. The van der Waals surface area contributed by atoms with Crippen molar-refractivity contribution in [3.63, 3.8) is 0 Å². The third kappa shape index (κ3) is 2.04. The Bertz CT molecular complexity index is 391. The zero-order chi connectivity index (χ0) is 11.7. The fraction of sp³-hybridized carbons (Fsp3) is 0.727. The lowest BCUT2D eigenvalue weighted by Gasteiger charge is -2.37. The molecule has 0 radical (unpaired) electrons. The van der Waals surface area contributed by atoms with Crippen LogP contribution in [-0.2, 0) is 11.3 Å². The SMILES string of the molecule is O=C(Cn1ccnn1)N1CCCC2CNCC21. The molecule has 3 rings (SSSR count). The van der Waals surface area contributed by atoms with E-state index in [0.717, 1.165) is 26.1 Å². The first-order chi connectivity index (χ1) is 8.34. The Morgan fingerprint density at radius 3 is 3.24 bits per heavy atom. The molecule has 1 amide bonds. The van der Waals surface area contributed by atoms with Gasteiger partial charge in [0.1, 0.15) is 6.54 Å². The Balaban J connectivity index is 1.68. The van der Waals surface area contributed by atoms with Gasteiger partial charge in [0.05, 0.1) is 6.20 Å². The molecule has 2 atom stereocenters. The van der Waals surface area contributed by atoms with Crippen molar-refractivity contribution in [2.24, 2.45) is 5.92 Å². The van der Waals surface area contributed by atoms with Gasteiger partial charge in [0.15, 0.2) is 0 Å². The second kappa shape index (κ2) is 4.44. The van der Waals surface area contributed by atoms with Crippen molar-refractivity contribution in [1.82, 2.24) is 25.2 Å². The van der Waals surface area contributed by atoms with Gasteiger partial charge in [-0.25, -0.2) is 4.68 Å². The van der Waals surface area contributed by atoms with Gasteiger partial charge in [0, 0.05) is 31.9 Å². The quantitative estimate of drug-likeness (QED) is 0.750. The molecular weight excluding hydrogens is 218 g/mol. The first-order valence-corrected chi connectivity index (χ1v) is 6.19. The maximum atomic E-state index is 12.2. The number of nitrogens with zero attached hydrogens (tertiary/aromatic N) is 4. The molecule has 2 saturated heterocycles. The van der Waals surface area contributed by atoms with Gasteiger partial charge in [-0.1, -0.05) is 5.21 Å². The number of fused-ring (bicyclic) bond motifs is 1. The molecule has 2 fully saturated rings. The van der Waals surface area contributed by atoms with Crippen LogP contribution < -0.4 is 5.32 Å². The van der Waals surface area contributed by atoms with E-state index in [9.17, 15) is 4.79 Å². The molecule has 2 aliphatic rings. The molecule has 0 aliphatic carbocycles. The zero-order valence-electron chi connectivity index (χ0n) is 9.75. The van der Waals surface area contributed by atoms with Crippen molar-refractivity contribution in [1.29, 1.82) is 0 Å². The minimum absolute atomic E-state index is 0.161. The molecule has 1 aromatic rings. The number of carbonyl (C=O) groups is 1. The largest absolute Gasteiger partial charge is 0.337 e. The lowest BCUT2D eigenvalue weighted by Crippen LogP contribution is -2.49. The summed E-state index contributed by atoms with van der Waals surface area (Å²) in [6, 6.07) is 0.389. The van der Waals surface area contributed by atoms with Gasteiger partial charge in [0.2, 0.25) is 5.91 Å². The van der Waals surface area contributed by atoms with Crippen molar-refractivity contribution in [3.05, 3.63) is 12.4 Å². The number of carbonyl (C=O) groups excluding carboxylic acids is 1. The molecule has 0 spiro atoms. The highest BCUT2D eigenvalue weighted by molar-refractivity contribution is 5.76.